The summed E-state index contributed by atoms with van der Waals surface area (Å²) in [6.45, 7) is 4.03. The number of hydrogen-bond donors (Lipinski definition) is 0. The van der Waals surface area contributed by atoms with Crippen molar-refractivity contribution in [2.24, 2.45) is 0 Å². The van der Waals surface area contributed by atoms with Crippen LogP contribution in [0.15, 0.2) is 78.9 Å². The average molecular weight is 480 g/mol. The van der Waals surface area contributed by atoms with Crippen molar-refractivity contribution >= 4 is 22.7 Å². The lowest BCUT2D eigenvalue weighted by atomic mass is 9.92. The van der Waals surface area contributed by atoms with E-state index in [9.17, 15) is 9.59 Å². The van der Waals surface area contributed by atoms with Crippen molar-refractivity contribution in [1.29, 1.82) is 0 Å². The first-order chi connectivity index (χ1) is 17.5. The molecule has 1 fully saturated rings. The number of methoxy groups -OCH3 is 1. The first-order valence-electron chi connectivity index (χ1n) is 12.2. The zero-order valence-electron chi connectivity index (χ0n) is 20.6. The Morgan fingerprint density at radius 3 is 2.17 bits per heavy atom. The van der Waals surface area contributed by atoms with E-state index >= 15 is 0 Å². The van der Waals surface area contributed by atoms with E-state index in [-0.39, 0.29) is 18.2 Å². The topological polar surface area (TPSA) is 62.7 Å². The number of aryl methyl sites for hydroxylation is 1. The molecule has 182 valence electrons. The molecule has 0 aliphatic carbocycles. The second-order valence-electron chi connectivity index (χ2n) is 9.01. The second-order valence-corrected chi connectivity index (χ2v) is 9.01. The molecule has 2 heterocycles. The Bertz CT molecular complexity index is 1390. The van der Waals surface area contributed by atoms with Gasteiger partial charge in [-0.05, 0) is 53.9 Å². The van der Waals surface area contributed by atoms with Gasteiger partial charge in [-0.25, -0.2) is 0 Å². The van der Waals surface area contributed by atoms with E-state index in [4.69, 9.17) is 9.72 Å². The number of carbonyl (C=O) groups is 2. The number of para-hydroxylation sites is 1. The minimum absolute atomic E-state index is 0.0225. The molecule has 1 saturated heterocycles. The van der Waals surface area contributed by atoms with Crippen molar-refractivity contribution in [1.82, 2.24) is 14.8 Å². The standard InChI is InChI=1S/C30H29N3O3/c1-21-26(29(22-8-4-3-5-9-22)25-10-6-7-11-27(25)31-21)20-28(34)32-16-18-33(19-17-32)30(35)23-12-14-24(36-2)15-13-23/h3-15H,16-20H2,1-2H3. The van der Waals surface area contributed by atoms with E-state index in [1.807, 2.05) is 53.1 Å². The number of nitrogens with zero attached hydrogens (tertiary/aromatic N) is 3. The fourth-order valence-corrected chi connectivity index (χ4v) is 4.86. The van der Waals surface area contributed by atoms with Crippen LogP contribution in [0, 0.1) is 6.92 Å². The molecule has 36 heavy (non-hydrogen) atoms. The molecule has 0 spiro atoms. The van der Waals surface area contributed by atoms with E-state index in [0.29, 0.717) is 31.7 Å². The van der Waals surface area contributed by atoms with Gasteiger partial charge in [0, 0.05) is 42.8 Å². The predicted octanol–water partition coefficient (Wildman–Crippen LogP) is 4.75. The largest absolute Gasteiger partial charge is 0.497 e. The summed E-state index contributed by atoms with van der Waals surface area (Å²) in [5.41, 5.74) is 5.53. The van der Waals surface area contributed by atoms with Crippen LogP contribution in [-0.4, -0.2) is 59.9 Å². The van der Waals surface area contributed by atoms with Crippen LogP contribution in [0.1, 0.15) is 21.6 Å². The number of rotatable bonds is 5. The molecule has 0 saturated carbocycles. The van der Waals surface area contributed by atoms with E-state index in [2.05, 4.69) is 18.2 Å². The maximum Gasteiger partial charge on any atom is 0.253 e. The third kappa shape index (κ3) is 4.67. The SMILES string of the molecule is COc1ccc(C(=O)N2CCN(C(=O)Cc3c(C)nc4ccccc4c3-c3ccccc3)CC2)cc1. The quantitative estimate of drug-likeness (QED) is 0.415. The molecule has 1 aliphatic heterocycles. The monoisotopic (exact) mass is 479 g/mol. The minimum Gasteiger partial charge on any atom is -0.497 e. The van der Waals surface area contributed by atoms with Crippen LogP contribution < -0.4 is 4.74 Å². The van der Waals surface area contributed by atoms with Gasteiger partial charge in [0.2, 0.25) is 5.91 Å². The van der Waals surface area contributed by atoms with Gasteiger partial charge in [-0.2, -0.15) is 0 Å². The summed E-state index contributed by atoms with van der Waals surface area (Å²) in [7, 11) is 1.60. The fraction of sp³-hybridized carbons (Fsp3) is 0.233. The van der Waals surface area contributed by atoms with E-state index in [0.717, 1.165) is 39.0 Å². The highest BCUT2D eigenvalue weighted by molar-refractivity contribution is 5.98. The molecule has 0 bridgehead atoms. The zero-order chi connectivity index (χ0) is 25.1. The fourth-order valence-electron chi connectivity index (χ4n) is 4.86. The lowest BCUT2D eigenvalue weighted by Crippen LogP contribution is -2.51. The van der Waals surface area contributed by atoms with Crippen LogP contribution in [0.3, 0.4) is 0 Å². The number of fused-ring (bicyclic) bond motifs is 1. The zero-order valence-corrected chi connectivity index (χ0v) is 20.6. The van der Waals surface area contributed by atoms with Gasteiger partial charge in [-0.15, -0.1) is 0 Å². The number of amides is 2. The summed E-state index contributed by atoms with van der Waals surface area (Å²) >= 11 is 0. The molecule has 0 radical (unpaired) electrons. The number of aromatic nitrogens is 1. The third-order valence-electron chi connectivity index (χ3n) is 6.85. The van der Waals surface area contributed by atoms with Crippen LogP contribution in [0.4, 0.5) is 0 Å². The Balaban J connectivity index is 1.34. The molecule has 1 aliphatic rings. The van der Waals surface area contributed by atoms with Crippen molar-refractivity contribution in [3.05, 3.63) is 95.7 Å². The Morgan fingerprint density at radius 2 is 1.47 bits per heavy atom. The molecule has 0 atom stereocenters. The van der Waals surface area contributed by atoms with E-state index in [1.54, 1.807) is 31.4 Å². The smallest absolute Gasteiger partial charge is 0.253 e. The molecule has 0 unspecified atom stereocenters. The van der Waals surface area contributed by atoms with Crippen molar-refractivity contribution in [2.75, 3.05) is 33.3 Å². The molecule has 6 heteroatoms. The molecular formula is C30H29N3O3. The third-order valence-corrected chi connectivity index (χ3v) is 6.85. The highest BCUT2D eigenvalue weighted by Crippen LogP contribution is 2.33. The summed E-state index contributed by atoms with van der Waals surface area (Å²) in [6, 6.07) is 25.4. The molecule has 1 aromatic heterocycles. The number of carbonyl (C=O) groups excluding carboxylic acids is 2. The lowest BCUT2D eigenvalue weighted by molar-refractivity contribution is -0.131. The molecule has 2 amide bonds. The van der Waals surface area contributed by atoms with Gasteiger partial charge in [-0.3, -0.25) is 14.6 Å². The summed E-state index contributed by atoms with van der Waals surface area (Å²) in [6.07, 6.45) is 0.278. The molecule has 0 N–H and O–H groups in total. The van der Waals surface area contributed by atoms with Gasteiger partial charge in [0.15, 0.2) is 0 Å². The number of pyridine rings is 1. The Hall–Kier alpha value is -4.19. The molecular weight excluding hydrogens is 450 g/mol. The number of ether oxygens (including phenoxy) is 1. The average Bonchev–Trinajstić information content (AvgIpc) is 2.93. The van der Waals surface area contributed by atoms with Crippen LogP contribution >= 0.6 is 0 Å². The van der Waals surface area contributed by atoms with Crippen LogP contribution in [-0.2, 0) is 11.2 Å². The number of piperazine rings is 1. The minimum atomic E-state index is -0.0225. The van der Waals surface area contributed by atoms with Gasteiger partial charge in [0.25, 0.3) is 5.91 Å². The molecule has 5 rings (SSSR count). The first-order valence-corrected chi connectivity index (χ1v) is 12.2. The Morgan fingerprint density at radius 1 is 0.833 bits per heavy atom. The Kier molecular flexibility index (Phi) is 6.67. The molecule has 6 nitrogen and oxygen atoms in total. The van der Waals surface area contributed by atoms with Gasteiger partial charge in [-0.1, -0.05) is 48.5 Å². The van der Waals surface area contributed by atoms with E-state index < -0.39 is 0 Å². The number of benzene rings is 3. The molecule has 4 aromatic rings. The summed E-state index contributed by atoms with van der Waals surface area (Å²) in [5.74, 6) is 0.755. The lowest BCUT2D eigenvalue weighted by Gasteiger charge is -2.35. The Labute approximate surface area is 211 Å². The van der Waals surface area contributed by atoms with Crippen molar-refractivity contribution in [3.8, 4) is 16.9 Å². The van der Waals surface area contributed by atoms with Crippen molar-refractivity contribution in [3.63, 3.8) is 0 Å². The normalized spacial score (nSPS) is 13.6. The highest BCUT2D eigenvalue weighted by atomic mass is 16.5. The van der Waals surface area contributed by atoms with Gasteiger partial charge in [0.05, 0.1) is 19.0 Å². The van der Waals surface area contributed by atoms with Crippen LogP contribution in [0.2, 0.25) is 0 Å². The maximum absolute atomic E-state index is 13.4. The van der Waals surface area contributed by atoms with Gasteiger partial charge in [0.1, 0.15) is 5.75 Å². The predicted molar refractivity (Wildman–Crippen MR) is 141 cm³/mol. The highest BCUT2D eigenvalue weighted by Gasteiger charge is 2.26. The summed E-state index contributed by atoms with van der Waals surface area (Å²) in [5, 5.41) is 1.05. The van der Waals surface area contributed by atoms with Crippen LogP contribution in [0.5, 0.6) is 5.75 Å². The molecule has 3 aromatic carbocycles. The van der Waals surface area contributed by atoms with E-state index in [1.165, 1.54) is 0 Å². The van der Waals surface area contributed by atoms with Gasteiger partial charge < -0.3 is 14.5 Å². The van der Waals surface area contributed by atoms with Crippen molar-refractivity contribution < 1.29 is 14.3 Å². The first kappa shape index (κ1) is 23.5. The van der Waals surface area contributed by atoms with Gasteiger partial charge >= 0.3 is 0 Å². The van der Waals surface area contributed by atoms with Crippen LogP contribution in [0.25, 0.3) is 22.0 Å². The number of hydrogen-bond acceptors (Lipinski definition) is 4. The summed E-state index contributed by atoms with van der Waals surface area (Å²) < 4.78 is 5.18. The van der Waals surface area contributed by atoms with Crippen molar-refractivity contribution in [2.45, 2.75) is 13.3 Å². The second kappa shape index (κ2) is 10.2. The summed E-state index contributed by atoms with van der Waals surface area (Å²) in [4.78, 5) is 34.8. The maximum atomic E-state index is 13.4.